The van der Waals surface area contributed by atoms with Gasteiger partial charge in [-0.1, -0.05) is 0 Å². The first-order valence-electron chi connectivity index (χ1n) is 3.60. The predicted octanol–water partition coefficient (Wildman–Crippen LogP) is 2.42. The van der Waals surface area contributed by atoms with Crippen molar-refractivity contribution >= 4 is 22.6 Å². The molecule has 0 atom stereocenters. The molecule has 0 saturated carbocycles. The van der Waals surface area contributed by atoms with E-state index < -0.39 is 13.0 Å². The van der Waals surface area contributed by atoms with Crippen LogP contribution < -0.4 is 0 Å². The maximum atomic E-state index is 12.5. The van der Waals surface area contributed by atoms with Gasteiger partial charge in [0.15, 0.2) is 0 Å². The van der Waals surface area contributed by atoms with E-state index in [1.165, 1.54) is 6.20 Å². The van der Waals surface area contributed by atoms with Gasteiger partial charge in [-0.05, 0) is 35.1 Å². The Labute approximate surface area is 88.1 Å². The summed E-state index contributed by atoms with van der Waals surface area (Å²) in [5.41, 5.74) is 0.553. The zero-order valence-corrected chi connectivity index (χ0v) is 9.05. The van der Waals surface area contributed by atoms with Gasteiger partial charge in [-0.2, -0.15) is 0 Å². The molecule has 1 heterocycles. The molecule has 0 aliphatic carbocycles. The van der Waals surface area contributed by atoms with Gasteiger partial charge in [0, 0.05) is 17.3 Å². The molecule has 1 rings (SSSR count). The summed E-state index contributed by atoms with van der Waals surface area (Å²) in [5, 5.41) is 8.89. The van der Waals surface area contributed by atoms with Crippen molar-refractivity contribution in [2.24, 2.45) is 0 Å². The normalized spacial score (nSPS) is 10.9. The highest BCUT2D eigenvalue weighted by atomic mass is 127. The molecule has 1 aromatic rings. The lowest BCUT2D eigenvalue weighted by Crippen LogP contribution is -2.03. The number of aromatic nitrogens is 1. The van der Waals surface area contributed by atoms with Crippen LogP contribution in [-0.2, 0) is 6.61 Å². The van der Waals surface area contributed by atoms with Crippen molar-refractivity contribution in [1.82, 2.24) is 4.98 Å². The molecule has 2 nitrogen and oxygen atoms in total. The number of hydrogen-bond acceptors (Lipinski definition) is 2. The molecule has 0 saturated heterocycles. The number of rotatable bonds is 2. The highest BCUT2D eigenvalue weighted by Crippen LogP contribution is 2.28. The van der Waals surface area contributed by atoms with Crippen LogP contribution in [0.5, 0.6) is 0 Å². The highest BCUT2D eigenvalue weighted by molar-refractivity contribution is 14.1. The van der Waals surface area contributed by atoms with E-state index in [1.54, 1.807) is 6.92 Å². The summed E-state index contributed by atoms with van der Waals surface area (Å²) in [4.78, 5) is 3.89. The first kappa shape index (κ1) is 10.8. The van der Waals surface area contributed by atoms with Crippen molar-refractivity contribution in [1.29, 1.82) is 0 Å². The van der Waals surface area contributed by atoms with Crippen LogP contribution in [0, 0.1) is 10.6 Å². The van der Waals surface area contributed by atoms with Gasteiger partial charge in [-0.25, -0.2) is 13.8 Å². The third kappa shape index (κ3) is 2.14. The molecule has 0 amide bonds. The quantitative estimate of drug-likeness (QED) is 0.672. The first-order valence-corrected chi connectivity index (χ1v) is 4.68. The number of aliphatic hydroxyl groups is 1. The molecular formula is C8H8F2INO. The Bertz CT molecular complexity index is 317. The molecule has 0 unspecified atom stereocenters. The van der Waals surface area contributed by atoms with Gasteiger partial charge >= 0.3 is 0 Å². The highest BCUT2D eigenvalue weighted by Gasteiger charge is 2.18. The lowest BCUT2D eigenvalue weighted by atomic mass is 10.1. The van der Waals surface area contributed by atoms with E-state index in [0.717, 1.165) is 0 Å². The molecule has 1 N–H and O–H groups in total. The molecule has 0 aliphatic rings. The SMILES string of the molecule is Cc1cnc(I)c(CO)c1C(F)F. The van der Waals surface area contributed by atoms with E-state index in [-0.39, 0.29) is 11.1 Å². The van der Waals surface area contributed by atoms with Crippen molar-refractivity contribution < 1.29 is 13.9 Å². The Kier molecular flexibility index (Phi) is 3.55. The van der Waals surface area contributed by atoms with Crippen molar-refractivity contribution in [3.05, 3.63) is 26.6 Å². The van der Waals surface area contributed by atoms with Gasteiger partial charge in [0.25, 0.3) is 6.43 Å². The second-order valence-corrected chi connectivity index (χ2v) is 3.60. The number of halogens is 3. The summed E-state index contributed by atoms with van der Waals surface area (Å²) in [6.07, 6.45) is -1.17. The fourth-order valence-electron chi connectivity index (χ4n) is 1.10. The van der Waals surface area contributed by atoms with E-state index in [1.807, 2.05) is 22.6 Å². The summed E-state index contributed by atoms with van der Waals surface area (Å²) < 4.78 is 25.5. The van der Waals surface area contributed by atoms with E-state index in [4.69, 9.17) is 5.11 Å². The van der Waals surface area contributed by atoms with Crippen molar-refractivity contribution in [3.8, 4) is 0 Å². The zero-order chi connectivity index (χ0) is 10.0. The number of hydrogen-bond donors (Lipinski definition) is 1. The molecule has 72 valence electrons. The molecular weight excluding hydrogens is 291 g/mol. The Morgan fingerprint density at radius 1 is 1.62 bits per heavy atom. The van der Waals surface area contributed by atoms with Crippen LogP contribution in [0.1, 0.15) is 23.1 Å². The van der Waals surface area contributed by atoms with Gasteiger partial charge in [0.2, 0.25) is 0 Å². The zero-order valence-electron chi connectivity index (χ0n) is 6.89. The molecule has 0 aromatic carbocycles. The third-order valence-electron chi connectivity index (χ3n) is 1.75. The maximum absolute atomic E-state index is 12.5. The average Bonchev–Trinajstić information content (AvgIpc) is 2.07. The summed E-state index contributed by atoms with van der Waals surface area (Å²) in [7, 11) is 0. The van der Waals surface area contributed by atoms with E-state index in [9.17, 15) is 8.78 Å². The van der Waals surface area contributed by atoms with E-state index in [2.05, 4.69) is 4.98 Å². The summed E-state index contributed by atoms with van der Waals surface area (Å²) in [6.45, 7) is 1.16. The summed E-state index contributed by atoms with van der Waals surface area (Å²) in [6, 6.07) is 0. The largest absolute Gasteiger partial charge is 0.392 e. The van der Waals surface area contributed by atoms with Crippen molar-refractivity contribution in [3.63, 3.8) is 0 Å². The van der Waals surface area contributed by atoms with Crippen LogP contribution in [0.15, 0.2) is 6.20 Å². The molecule has 0 radical (unpaired) electrons. The minimum atomic E-state index is -2.56. The lowest BCUT2D eigenvalue weighted by Gasteiger charge is -2.10. The summed E-state index contributed by atoms with van der Waals surface area (Å²) >= 11 is 1.83. The Balaban J connectivity index is 3.35. The van der Waals surface area contributed by atoms with E-state index >= 15 is 0 Å². The van der Waals surface area contributed by atoms with Crippen LogP contribution in [-0.4, -0.2) is 10.1 Å². The molecule has 5 heteroatoms. The van der Waals surface area contributed by atoms with Crippen LogP contribution in [0.25, 0.3) is 0 Å². The van der Waals surface area contributed by atoms with Gasteiger partial charge in [-0.3, -0.25) is 0 Å². The van der Waals surface area contributed by atoms with Crippen LogP contribution >= 0.6 is 22.6 Å². The predicted molar refractivity (Wildman–Crippen MR) is 52.6 cm³/mol. The van der Waals surface area contributed by atoms with Crippen LogP contribution in [0.4, 0.5) is 8.78 Å². The van der Waals surface area contributed by atoms with Gasteiger partial charge in [0.05, 0.1) is 6.61 Å². The minimum absolute atomic E-state index is 0.0955. The second kappa shape index (κ2) is 4.28. The van der Waals surface area contributed by atoms with Crippen LogP contribution in [0.2, 0.25) is 0 Å². The number of aryl methyl sites for hydroxylation is 1. The second-order valence-electron chi connectivity index (χ2n) is 2.58. The maximum Gasteiger partial charge on any atom is 0.264 e. The smallest absolute Gasteiger partial charge is 0.264 e. The van der Waals surface area contributed by atoms with Gasteiger partial charge in [0.1, 0.15) is 3.70 Å². The Hall–Kier alpha value is -0.300. The van der Waals surface area contributed by atoms with E-state index in [0.29, 0.717) is 9.26 Å². The topological polar surface area (TPSA) is 33.1 Å². The first-order chi connectivity index (χ1) is 6.07. The fraction of sp³-hybridized carbons (Fsp3) is 0.375. The molecule has 0 fully saturated rings. The summed E-state index contributed by atoms with van der Waals surface area (Å²) in [5.74, 6) is 0. The molecule has 0 aliphatic heterocycles. The lowest BCUT2D eigenvalue weighted by molar-refractivity contribution is 0.146. The third-order valence-corrected chi connectivity index (χ3v) is 2.68. The molecule has 0 bridgehead atoms. The number of nitrogens with zero attached hydrogens (tertiary/aromatic N) is 1. The van der Waals surface area contributed by atoms with Gasteiger partial charge < -0.3 is 5.11 Å². The average molecular weight is 299 g/mol. The van der Waals surface area contributed by atoms with Crippen molar-refractivity contribution in [2.75, 3.05) is 0 Å². The molecule has 0 spiro atoms. The number of pyridine rings is 1. The number of aliphatic hydroxyl groups excluding tert-OH is 1. The Morgan fingerprint density at radius 2 is 2.23 bits per heavy atom. The monoisotopic (exact) mass is 299 g/mol. The molecule has 1 aromatic heterocycles. The minimum Gasteiger partial charge on any atom is -0.392 e. The van der Waals surface area contributed by atoms with Crippen LogP contribution in [0.3, 0.4) is 0 Å². The molecule has 13 heavy (non-hydrogen) atoms. The van der Waals surface area contributed by atoms with Crippen molar-refractivity contribution in [2.45, 2.75) is 20.0 Å². The standard InChI is InChI=1S/C8H8F2INO/c1-4-2-12-8(11)5(3-13)6(4)7(9)10/h2,7,13H,3H2,1H3. The van der Waals surface area contributed by atoms with Gasteiger partial charge in [-0.15, -0.1) is 0 Å². The fourth-order valence-corrected chi connectivity index (χ4v) is 1.70. The Morgan fingerprint density at radius 3 is 2.62 bits per heavy atom. The number of alkyl halides is 2.